The molecule has 4 rings (SSSR count). The van der Waals surface area contributed by atoms with Gasteiger partial charge in [-0.25, -0.2) is 0 Å². The first-order valence-corrected chi connectivity index (χ1v) is 8.63. The van der Waals surface area contributed by atoms with Crippen molar-refractivity contribution >= 4 is 5.91 Å². The summed E-state index contributed by atoms with van der Waals surface area (Å²) in [6.07, 6.45) is 1.58. The van der Waals surface area contributed by atoms with Gasteiger partial charge in [0.05, 0.1) is 18.8 Å². The van der Waals surface area contributed by atoms with Crippen LogP contribution in [0, 0.1) is 0 Å². The SMILES string of the molecule is NCCn1cc(C(=O)N2CC[C@@H](c3ccc4c(c3)OCO4)[C@H](O)C2)nn1. The molecule has 1 saturated heterocycles. The average molecular weight is 359 g/mol. The topological polar surface area (TPSA) is 116 Å². The number of rotatable bonds is 4. The molecule has 1 aromatic heterocycles. The van der Waals surface area contributed by atoms with Crippen molar-refractivity contribution in [3.8, 4) is 11.5 Å². The summed E-state index contributed by atoms with van der Waals surface area (Å²) in [7, 11) is 0. The summed E-state index contributed by atoms with van der Waals surface area (Å²) in [5, 5.41) is 18.4. The number of carbonyl (C=O) groups excluding carboxylic acids is 1. The van der Waals surface area contributed by atoms with Gasteiger partial charge in [0.15, 0.2) is 17.2 Å². The summed E-state index contributed by atoms with van der Waals surface area (Å²) < 4.78 is 12.3. The number of aromatic nitrogens is 3. The second-order valence-corrected chi connectivity index (χ2v) is 6.48. The van der Waals surface area contributed by atoms with Crippen molar-refractivity contribution in [3.05, 3.63) is 35.7 Å². The van der Waals surface area contributed by atoms with Gasteiger partial charge in [-0.3, -0.25) is 9.48 Å². The van der Waals surface area contributed by atoms with Gasteiger partial charge in [-0.05, 0) is 24.1 Å². The lowest BCUT2D eigenvalue weighted by Crippen LogP contribution is -2.45. The van der Waals surface area contributed by atoms with Crippen molar-refractivity contribution in [2.24, 2.45) is 5.73 Å². The van der Waals surface area contributed by atoms with Gasteiger partial charge in [0.1, 0.15) is 0 Å². The van der Waals surface area contributed by atoms with Gasteiger partial charge in [0.2, 0.25) is 6.79 Å². The van der Waals surface area contributed by atoms with Crippen LogP contribution in [0.4, 0.5) is 0 Å². The predicted molar refractivity (Wildman–Crippen MR) is 90.9 cm³/mol. The Kier molecular flexibility index (Phi) is 4.48. The molecule has 1 amide bonds. The monoisotopic (exact) mass is 359 g/mol. The van der Waals surface area contributed by atoms with E-state index in [4.69, 9.17) is 15.2 Å². The van der Waals surface area contributed by atoms with Crippen molar-refractivity contribution in [3.63, 3.8) is 0 Å². The van der Waals surface area contributed by atoms with E-state index in [1.165, 1.54) is 0 Å². The number of carbonyl (C=O) groups is 1. The first-order chi connectivity index (χ1) is 12.7. The number of hydrogen-bond acceptors (Lipinski definition) is 7. The lowest BCUT2D eigenvalue weighted by molar-refractivity contribution is 0.0377. The minimum absolute atomic E-state index is 0.0542. The smallest absolute Gasteiger partial charge is 0.276 e. The fourth-order valence-electron chi connectivity index (χ4n) is 3.45. The van der Waals surface area contributed by atoms with Crippen LogP contribution < -0.4 is 15.2 Å². The van der Waals surface area contributed by atoms with Gasteiger partial charge in [-0.2, -0.15) is 0 Å². The van der Waals surface area contributed by atoms with Crippen LogP contribution in [0.2, 0.25) is 0 Å². The zero-order valence-corrected chi connectivity index (χ0v) is 14.2. The van der Waals surface area contributed by atoms with Crippen molar-refractivity contribution in [2.75, 3.05) is 26.4 Å². The van der Waals surface area contributed by atoms with E-state index in [9.17, 15) is 9.90 Å². The number of β-amino-alcohol motifs (C(OH)–C–C–N with tert-alkyl or cyclic N) is 1. The molecule has 0 saturated carbocycles. The van der Waals surface area contributed by atoms with E-state index < -0.39 is 6.10 Å². The number of amides is 1. The van der Waals surface area contributed by atoms with Crippen molar-refractivity contribution in [2.45, 2.75) is 25.0 Å². The maximum absolute atomic E-state index is 12.6. The zero-order chi connectivity index (χ0) is 18.1. The maximum atomic E-state index is 12.6. The normalized spacial score (nSPS) is 21.8. The number of aliphatic hydroxyl groups is 1. The molecule has 2 aliphatic rings. The van der Waals surface area contributed by atoms with E-state index in [0.29, 0.717) is 31.8 Å². The van der Waals surface area contributed by atoms with Crippen LogP contribution in [0.15, 0.2) is 24.4 Å². The second-order valence-electron chi connectivity index (χ2n) is 6.48. The van der Waals surface area contributed by atoms with Gasteiger partial charge in [0, 0.05) is 25.6 Å². The highest BCUT2D eigenvalue weighted by atomic mass is 16.7. The predicted octanol–water partition coefficient (Wildman–Crippen LogP) is -0.0439. The van der Waals surface area contributed by atoms with Gasteiger partial charge in [-0.15, -0.1) is 5.10 Å². The molecule has 2 atom stereocenters. The number of likely N-dealkylation sites (tertiary alicyclic amines) is 1. The Hall–Kier alpha value is -2.65. The van der Waals surface area contributed by atoms with Gasteiger partial charge >= 0.3 is 0 Å². The van der Waals surface area contributed by atoms with E-state index in [1.54, 1.807) is 15.8 Å². The number of nitrogens with zero attached hydrogens (tertiary/aromatic N) is 4. The van der Waals surface area contributed by atoms with Crippen LogP contribution in [0.3, 0.4) is 0 Å². The Morgan fingerprint density at radius 3 is 3.00 bits per heavy atom. The molecular formula is C17H21N5O4. The summed E-state index contributed by atoms with van der Waals surface area (Å²) in [5.74, 6) is 1.14. The Balaban J connectivity index is 1.43. The molecule has 26 heavy (non-hydrogen) atoms. The summed E-state index contributed by atoms with van der Waals surface area (Å²) in [6, 6.07) is 5.71. The molecule has 2 aliphatic heterocycles. The van der Waals surface area contributed by atoms with Gasteiger partial charge in [0.25, 0.3) is 5.91 Å². The van der Waals surface area contributed by atoms with Crippen LogP contribution >= 0.6 is 0 Å². The summed E-state index contributed by atoms with van der Waals surface area (Å²) in [4.78, 5) is 14.2. The van der Waals surface area contributed by atoms with Crippen LogP contribution in [-0.4, -0.2) is 63.4 Å². The number of nitrogens with two attached hydrogens (primary N) is 1. The van der Waals surface area contributed by atoms with E-state index in [1.807, 2.05) is 18.2 Å². The van der Waals surface area contributed by atoms with Crippen LogP contribution in [0.1, 0.15) is 28.4 Å². The van der Waals surface area contributed by atoms with E-state index in [2.05, 4.69) is 10.3 Å². The minimum atomic E-state index is -0.660. The first-order valence-electron chi connectivity index (χ1n) is 8.63. The Morgan fingerprint density at radius 1 is 1.35 bits per heavy atom. The highest BCUT2D eigenvalue weighted by Gasteiger charge is 2.33. The molecule has 3 N–H and O–H groups in total. The summed E-state index contributed by atoms with van der Waals surface area (Å²) in [6.45, 7) is 1.95. The molecule has 0 radical (unpaired) electrons. The van der Waals surface area contributed by atoms with Gasteiger partial charge in [-0.1, -0.05) is 11.3 Å². The molecule has 9 nitrogen and oxygen atoms in total. The molecular weight excluding hydrogens is 338 g/mol. The Labute approximate surface area is 150 Å². The largest absolute Gasteiger partial charge is 0.454 e. The van der Waals surface area contributed by atoms with Crippen LogP contribution in [-0.2, 0) is 6.54 Å². The fourth-order valence-corrected chi connectivity index (χ4v) is 3.45. The minimum Gasteiger partial charge on any atom is -0.454 e. The first kappa shape index (κ1) is 16.8. The fraction of sp³-hybridized carbons (Fsp3) is 0.471. The number of ether oxygens (including phenoxy) is 2. The lowest BCUT2D eigenvalue weighted by atomic mass is 9.87. The van der Waals surface area contributed by atoms with Crippen LogP contribution in [0.25, 0.3) is 0 Å². The van der Waals surface area contributed by atoms with E-state index in [-0.39, 0.29) is 30.9 Å². The molecule has 138 valence electrons. The van der Waals surface area contributed by atoms with Crippen molar-refractivity contribution in [1.82, 2.24) is 19.9 Å². The summed E-state index contributed by atoms with van der Waals surface area (Å²) >= 11 is 0. The standard InChI is InChI=1S/C17H21N5O4/c18-4-6-22-8-13(19-20-22)17(24)21-5-3-12(14(23)9-21)11-1-2-15-16(7-11)26-10-25-15/h1-2,7-8,12,14,23H,3-6,9-10,18H2/t12-,14+/m0/s1. The molecule has 3 heterocycles. The Morgan fingerprint density at radius 2 is 2.19 bits per heavy atom. The zero-order valence-electron chi connectivity index (χ0n) is 14.2. The molecule has 1 aromatic carbocycles. The molecule has 0 aliphatic carbocycles. The third-order valence-corrected chi connectivity index (χ3v) is 4.81. The third kappa shape index (κ3) is 3.11. The number of piperidine rings is 1. The van der Waals surface area contributed by atoms with Crippen molar-refractivity contribution < 1.29 is 19.4 Å². The highest BCUT2D eigenvalue weighted by molar-refractivity contribution is 5.92. The number of fused-ring (bicyclic) bond motifs is 1. The number of aliphatic hydroxyl groups excluding tert-OH is 1. The number of hydrogen-bond donors (Lipinski definition) is 2. The number of benzene rings is 1. The van der Waals surface area contributed by atoms with E-state index in [0.717, 1.165) is 11.3 Å². The van der Waals surface area contributed by atoms with E-state index >= 15 is 0 Å². The molecule has 0 bridgehead atoms. The second kappa shape index (κ2) is 6.93. The molecule has 2 aromatic rings. The molecule has 9 heteroatoms. The Bertz CT molecular complexity index is 808. The molecule has 0 unspecified atom stereocenters. The van der Waals surface area contributed by atoms with Gasteiger partial charge < -0.3 is 25.2 Å². The average Bonchev–Trinajstić information content (AvgIpc) is 3.30. The molecule has 1 fully saturated rings. The van der Waals surface area contributed by atoms with Crippen LogP contribution in [0.5, 0.6) is 11.5 Å². The van der Waals surface area contributed by atoms with Crippen molar-refractivity contribution in [1.29, 1.82) is 0 Å². The lowest BCUT2D eigenvalue weighted by Gasteiger charge is -2.35. The summed E-state index contributed by atoms with van der Waals surface area (Å²) in [5.41, 5.74) is 6.74. The molecule has 0 spiro atoms. The quantitative estimate of drug-likeness (QED) is 0.787. The maximum Gasteiger partial charge on any atom is 0.276 e. The third-order valence-electron chi connectivity index (χ3n) is 4.81. The highest BCUT2D eigenvalue weighted by Crippen LogP contribution is 2.37.